The Hall–Kier alpha value is -3.01. The number of carbonyl (C=O) groups excluding carboxylic acids is 3. The van der Waals surface area contributed by atoms with Crippen molar-refractivity contribution in [2.75, 3.05) is 32.3 Å². The molecule has 9 nitrogen and oxygen atoms in total. The maximum Gasteiger partial charge on any atom is 0.445 e. The van der Waals surface area contributed by atoms with Crippen molar-refractivity contribution in [1.82, 2.24) is 4.90 Å². The molecular formula is C21H26N5O4S+. The van der Waals surface area contributed by atoms with Crippen molar-refractivity contribution in [2.45, 2.75) is 20.3 Å². The quantitative estimate of drug-likeness (QED) is 0.679. The first kappa shape index (κ1) is 22.7. The van der Waals surface area contributed by atoms with Crippen LogP contribution in [0.4, 0.5) is 10.5 Å². The van der Waals surface area contributed by atoms with E-state index in [4.69, 9.17) is 4.74 Å². The van der Waals surface area contributed by atoms with Crippen LogP contribution in [0.2, 0.25) is 0 Å². The van der Waals surface area contributed by atoms with Gasteiger partial charge >= 0.3 is 11.9 Å². The number of rotatable bonds is 6. The zero-order valence-corrected chi connectivity index (χ0v) is 19.0. The van der Waals surface area contributed by atoms with Crippen molar-refractivity contribution in [1.29, 1.82) is 0 Å². The van der Waals surface area contributed by atoms with Crippen LogP contribution in [-0.4, -0.2) is 71.0 Å². The fourth-order valence-corrected chi connectivity index (χ4v) is 4.12. The summed E-state index contributed by atoms with van der Waals surface area (Å²) in [6.07, 6.45) is 0.600. The third-order valence-electron chi connectivity index (χ3n) is 4.78. The minimum absolute atomic E-state index is 0.0590. The Morgan fingerprint density at radius 1 is 1.32 bits per heavy atom. The molecule has 164 valence electrons. The summed E-state index contributed by atoms with van der Waals surface area (Å²) >= 11 is 1.18. The van der Waals surface area contributed by atoms with Gasteiger partial charge in [-0.15, -0.1) is 0 Å². The van der Waals surface area contributed by atoms with E-state index in [2.05, 4.69) is 15.3 Å². The zero-order valence-electron chi connectivity index (χ0n) is 18.2. The third kappa shape index (κ3) is 5.01. The topological polar surface area (TPSA) is 103 Å². The van der Waals surface area contributed by atoms with E-state index in [0.29, 0.717) is 40.5 Å². The highest BCUT2D eigenvalue weighted by atomic mass is 32.2. The van der Waals surface area contributed by atoms with E-state index < -0.39 is 17.9 Å². The SMILES string of the molecule is COc1cccc(NC(=O)CSC2=NC(CC(C)C)=NC3=[N+](C)C(=O)N(C)C(=O)C23)c1. The number of fused-ring (bicyclic) bond motifs is 1. The molecule has 3 rings (SSSR count). The first-order chi connectivity index (χ1) is 14.7. The van der Waals surface area contributed by atoms with E-state index in [1.807, 2.05) is 13.8 Å². The second kappa shape index (κ2) is 9.42. The van der Waals surface area contributed by atoms with Crippen molar-refractivity contribution in [3.05, 3.63) is 24.3 Å². The molecule has 1 aromatic rings. The average Bonchev–Trinajstić information content (AvgIpc) is 2.74. The van der Waals surface area contributed by atoms with Crippen molar-refractivity contribution < 1.29 is 23.7 Å². The van der Waals surface area contributed by atoms with Crippen LogP contribution < -0.4 is 10.1 Å². The lowest BCUT2D eigenvalue weighted by Crippen LogP contribution is -2.54. The van der Waals surface area contributed by atoms with Crippen LogP contribution >= 0.6 is 11.8 Å². The molecule has 2 heterocycles. The van der Waals surface area contributed by atoms with Gasteiger partial charge in [0.1, 0.15) is 10.8 Å². The summed E-state index contributed by atoms with van der Waals surface area (Å²) in [7, 11) is 4.58. The Labute approximate surface area is 185 Å². The number of nitrogens with one attached hydrogen (secondary N) is 1. The molecule has 0 radical (unpaired) electrons. The molecule has 0 aliphatic carbocycles. The van der Waals surface area contributed by atoms with E-state index in [0.717, 1.165) is 4.90 Å². The van der Waals surface area contributed by atoms with Gasteiger partial charge in [0.2, 0.25) is 11.7 Å². The summed E-state index contributed by atoms with van der Waals surface area (Å²) in [4.78, 5) is 47.9. The van der Waals surface area contributed by atoms with Crippen molar-refractivity contribution in [2.24, 2.45) is 21.8 Å². The number of imide groups is 1. The summed E-state index contributed by atoms with van der Waals surface area (Å²) < 4.78 is 6.54. The van der Waals surface area contributed by atoms with Crippen LogP contribution in [0.15, 0.2) is 34.3 Å². The molecule has 31 heavy (non-hydrogen) atoms. The van der Waals surface area contributed by atoms with Gasteiger partial charge < -0.3 is 10.1 Å². The van der Waals surface area contributed by atoms with E-state index in [1.54, 1.807) is 38.4 Å². The number of ether oxygens (including phenoxy) is 1. The Kier molecular flexibility index (Phi) is 6.89. The predicted molar refractivity (Wildman–Crippen MR) is 121 cm³/mol. The Balaban J connectivity index is 1.81. The molecule has 0 bridgehead atoms. The smallest absolute Gasteiger partial charge is 0.445 e. The van der Waals surface area contributed by atoms with Gasteiger partial charge in [-0.25, -0.2) is 9.79 Å². The number of amides is 4. The van der Waals surface area contributed by atoms with E-state index in [1.165, 1.54) is 23.4 Å². The lowest BCUT2D eigenvalue weighted by Gasteiger charge is -2.26. The fourth-order valence-electron chi connectivity index (χ4n) is 3.23. The van der Waals surface area contributed by atoms with Crippen molar-refractivity contribution >= 4 is 52.0 Å². The molecular weight excluding hydrogens is 418 g/mol. The molecule has 4 amide bonds. The number of urea groups is 1. The minimum Gasteiger partial charge on any atom is -0.497 e. The van der Waals surface area contributed by atoms with Gasteiger partial charge in [-0.3, -0.25) is 9.59 Å². The van der Waals surface area contributed by atoms with E-state index in [-0.39, 0.29) is 11.7 Å². The number of carbonyl (C=O) groups is 3. The molecule has 2 aliphatic heterocycles. The van der Waals surface area contributed by atoms with Gasteiger partial charge in [0, 0.05) is 18.2 Å². The lowest BCUT2D eigenvalue weighted by molar-refractivity contribution is -0.407. The number of hydrogen-bond acceptors (Lipinski definition) is 7. The van der Waals surface area contributed by atoms with Gasteiger partial charge in [0.05, 0.1) is 27.0 Å². The molecule has 1 N–H and O–H groups in total. The van der Waals surface area contributed by atoms with Crippen LogP contribution in [0, 0.1) is 11.8 Å². The number of anilines is 1. The Bertz CT molecular complexity index is 1010. The molecule has 2 aliphatic rings. The highest BCUT2D eigenvalue weighted by Gasteiger charge is 2.49. The average molecular weight is 445 g/mol. The minimum atomic E-state index is -0.793. The van der Waals surface area contributed by atoms with Gasteiger partial charge in [-0.05, 0) is 18.1 Å². The summed E-state index contributed by atoms with van der Waals surface area (Å²) in [6, 6.07) is 6.62. The van der Waals surface area contributed by atoms with Crippen LogP contribution in [0.1, 0.15) is 20.3 Å². The van der Waals surface area contributed by atoms with E-state index >= 15 is 0 Å². The van der Waals surface area contributed by atoms with Crippen molar-refractivity contribution in [3.8, 4) is 5.75 Å². The zero-order chi connectivity index (χ0) is 22.7. The largest absolute Gasteiger partial charge is 0.497 e. The van der Waals surface area contributed by atoms with Gasteiger partial charge in [-0.1, -0.05) is 36.7 Å². The monoisotopic (exact) mass is 444 g/mol. The molecule has 10 heteroatoms. The first-order valence-corrected chi connectivity index (χ1v) is 10.8. The van der Waals surface area contributed by atoms with Crippen LogP contribution in [0.5, 0.6) is 5.75 Å². The number of benzene rings is 1. The number of hydrogen-bond donors (Lipinski definition) is 1. The second-order valence-electron chi connectivity index (χ2n) is 7.67. The molecule has 0 spiro atoms. The number of nitrogens with zero attached hydrogens (tertiary/aromatic N) is 4. The van der Waals surface area contributed by atoms with Gasteiger partial charge in [0.25, 0.3) is 5.84 Å². The number of methoxy groups -OCH3 is 1. The normalized spacial score (nSPS) is 18.6. The molecule has 0 aromatic heterocycles. The van der Waals surface area contributed by atoms with Gasteiger partial charge in [-0.2, -0.15) is 9.48 Å². The van der Waals surface area contributed by atoms with Crippen LogP contribution in [0.3, 0.4) is 0 Å². The molecule has 1 unspecified atom stereocenters. The van der Waals surface area contributed by atoms with Crippen molar-refractivity contribution in [3.63, 3.8) is 0 Å². The van der Waals surface area contributed by atoms with Crippen LogP contribution in [-0.2, 0) is 9.59 Å². The summed E-state index contributed by atoms with van der Waals surface area (Å²) in [5, 5.41) is 3.29. The maximum absolute atomic E-state index is 12.8. The standard InChI is InChI=1S/C21H25N5O4S/c1-12(2)9-15-23-18-17(20(28)26(4)21(29)25(18)3)19(24-15)31-11-16(27)22-13-7-6-8-14(10-13)30-5/h6-8,10,12,17H,9,11H2,1-5H3/p+1. The number of amidine groups is 2. The Morgan fingerprint density at radius 3 is 2.74 bits per heavy atom. The molecule has 0 fully saturated rings. The fraction of sp³-hybridized carbons (Fsp3) is 0.429. The highest BCUT2D eigenvalue weighted by molar-refractivity contribution is 8.14. The maximum atomic E-state index is 12.8. The molecule has 1 aromatic carbocycles. The first-order valence-electron chi connectivity index (χ1n) is 9.86. The molecule has 0 saturated carbocycles. The summed E-state index contributed by atoms with van der Waals surface area (Å²) in [5.74, 6) is 0.469. The predicted octanol–water partition coefficient (Wildman–Crippen LogP) is 2.47. The number of thioether (sulfide) groups is 1. The Morgan fingerprint density at radius 2 is 2.06 bits per heavy atom. The summed E-state index contributed by atoms with van der Waals surface area (Å²) in [6.45, 7) is 4.08. The molecule has 0 saturated heterocycles. The summed E-state index contributed by atoms with van der Waals surface area (Å²) in [5.41, 5.74) is 0.614. The van der Waals surface area contributed by atoms with Crippen LogP contribution in [0.25, 0.3) is 0 Å². The number of aliphatic imine (C=N–C) groups is 2. The second-order valence-corrected chi connectivity index (χ2v) is 8.67. The van der Waals surface area contributed by atoms with E-state index in [9.17, 15) is 14.4 Å². The third-order valence-corrected chi connectivity index (χ3v) is 5.81. The lowest BCUT2D eigenvalue weighted by atomic mass is 10.0. The molecule has 1 atom stereocenters. The highest BCUT2D eigenvalue weighted by Crippen LogP contribution is 2.26. The van der Waals surface area contributed by atoms with Gasteiger partial charge in [0.15, 0.2) is 5.92 Å².